The Hall–Kier alpha value is -3.92. The van der Waals surface area contributed by atoms with E-state index in [1.165, 1.54) is 0 Å². The van der Waals surface area contributed by atoms with Gasteiger partial charge in [0.2, 0.25) is 0 Å². The lowest BCUT2D eigenvalue weighted by Crippen LogP contribution is -2.13. The number of benzene rings is 3. The molecule has 1 aliphatic rings. The Morgan fingerprint density at radius 1 is 0.750 bits per heavy atom. The van der Waals surface area contributed by atoms with Crippen molar-refractivity contribution in [3.63, 3.8) is 0 Å². The average Bonchev–Trinajstić information content (AvgIpc) is 3.34. The van der Waals surface area contributed by atoms with E-state index in [4.69, 9.17) is 14.5 Å². The third kappa shape index (κ3) is 4.70. The van der Waals surface area contributed by atoms with E-state index in [9.17, 15) is 4.79 Å². The normalized spacial score (nSPS) is 13.4. The van der Waals surface area contributed by atoms with Gasteiger partial charge in [0.05, 0.1) is 26.5 Å². The minimum absolute atomic E-state index is 0.0164. The number of carbonyl (C=O) groups excluding carboxylic acids is 1. The molecule has 160 valence electrons. The van der Waals surface area contributed by atoms with E-state index >= 15 is 0 Å². The second-order valence-electron chi connectivity index (χ2n) is 7.41. The number of nitrogens with zero attached hydrogens (tertiary/aromatic N) is 1. The maximum atomic E-state index is 13.3. The Labute approximate surface area is 188 Å². The number of carbonyl (C=O) groups is 1. The molecular weight excluding hydrogens is 398 g/mol. The molecule has 0 aromatic heterocycles. The van der Waals surface area contributed by atoms with Crippen LogP contribution in [0.2, 0.25) is 0 Å². The predicted octanol–water partition coefficient (Wildman–Crippen LogP) is 5.83. The molecule has 0 saturated heterocycles. The topological polar surface area (TPSA) is 47.9 Å². The number of ketones is 1. The first-order chi connectivity index (χ1) is 15.7. The fraction of sp³-hybridized carbons (Fsp3) is 0.143. The van der Waals surface area contributed by atoms with Gasteiger partial charge in [-0.3, -0.25) is 9.79 Å². The van der Waals surface area contributed by atoms with Crippen molar-refractivity contribution >= 4 is 11.5 Å². The number of methoxy groups -OCH3 is 2. The van der Waals surface area contributed by atoms with Crippen LogP contribution in [0.3, 0.4) is 0 Å². The van der Waals surface area contributed by atoms with Crippen LogP contribution < -0.4 is 9.47 Å². The van der Waals surface area contributed by atoms with Crippen LogP contribution in [-0.4, -0.2) is 25.7 Å². The zero-order valence-corrected chi connectivity index (χ0v) is 18.2. The van der Waals surface area contributed by atoms with Crippen LogP contribution in [0.25, 0.3) is 0 Å². The highest BCUT2D eigenvalue weighted by Crippen LogP contribution is 2.29. The molecule has 0 N–H and O–H groups in total. The minimum atomic E-state index is -0.0164. The molecule has 0 fully saturated rings. The van der Waals surface area contributed by atoms with Crippen LogP contribution in [0.5, 0.6) is 11.5 Å². The molecular formula is C28H25NO3. The lowest BCUT2D eigenvalue weighted by Gasteiger charge is -2.13. The van der Waals surface area contributed by atoms with Crippen molar-refractivity contribution in [2.75, 3.05) is 14.2 Å². The lowest BCUT2D eigenvalue weighted by atomic mass is 9.92. The van der Waals surface area contributed by atoms with Gasteiger partial charge in [-0.2, -0.15) is 0 Å². The molecule has 4 nitrogen and oxygen atoms in total. The maximum absolute atomic E-state index is 13.3. The number of rotatable bonds is 8. The summed E-state index contributed by atoms with van der Waals surface area (Å²) in [6.45, 7) is 0.531. The molecule has 0 heterocycles. The summed E-state index contributed by atoms with van der Waals surface area (Å²) in [6, 6.07) is 25.1. The van der Waals surface area contributed by atoms with Gasteiger partial charge in [0, 0.05) is 22.3 Å². The predicted molar refractivity (Wildman–Crippen MR) is 128 cm³/mol. The molecule has 0 saturated carbocycles. The zero-order valence-electron chi connectivity index (χ0n) is 18.2. The number of ether oxygens (including phenoxy) is 2. The van der Waals surface area contributed by atoms with E-state index in [-0.39, 0.29) is 5.78 Å². The van der Waals surface area contributed by atoms with Gasteiger partial charge in [0.25, 0.3) is 0 Å². The third-order valence-corrected chi connectivity index (χ3v) is 5.41. The lowest BCUT2D eigenvalue weighted by molar-refractivity contribution is 0.103. The summed E-state index contributed by atoms with van der Waals surface area (Å²) >= 11 is 0. The summed E-state index contributed by atoms with van der Waals surface area (Å²) in [7, 11) is 3.26. The Bertz CT molecular complexity index is 1170. The summed E-state index contributed by atoms with van der Waals surface area (Å²) < 4.78 is 10.5. The van der Waals surface area contributed by atoms with Gasteiger partial charge in [-0.15, -0.1) is 0 Å². The third-order valence-electron chi connectivity index (χ3n) is 5.41. The van der Waals surface area contributed by atoms with Crippen LogP contribution in [0, 0.1) is 0 Å². The van der Waals surface area contributed by atoms with Crippen molar-refractivity contribution in [3.05, 3.63) is 119 Å². The van der Waals surface area contributed by atoms with E-state index in [0.717, 1.165) is 33.9 Å². The molecule has 1 aliphatic carbocycles. The zero-order chi connectivity index (χ0) is 22.3. The smallest absolute Gasteiger partial charge is 0.193 e. The summed E-state index contributed by atoms with van der Waals surface area (Å²) in [5.41, 5.74) is 5.04. The molecule has 0 radical (unpaired) electrons. The summed E-state index contributed by atoms with van der Waals surface area (Å²) in [5, 5.41) is 0. The minimum Gasteiger partial charge on any atom is -0.497 e. The van der Waals surface area contributed by atoms with E-state index in [1.54, 1.807) is 38.5 Å². The quantitative estimate of drug-likeness (QED) is 0.338. The Morgan fingerprint density at radius 3 is 1.91 bits per heavy atom. The largest absolute Gasteiger partial charge is 0.497 e. The molecule has 0 aliphatic heterocycles. The SMILES string of the molecule is COc1ccc(C(=O)C2=CCC=C2C(=NCc2ccccc2)c2ccc(OC)cc2)cc1. The highest BCUT2D eigenvalue weighted by Gasteiger charge is 2.24. The van der Waals surface area contributed by atoms with Gasteiger partial charge in [-0.1, -0.05) is 42.5 Å². The molecule has 0 amide bonds. The molecule has 0 bridgehead atoms. The second kappa shape index (κ2) is 9.92. The molecule has 0 unspecified atom stereocenters. The molecule has 0 atom stereocenters. The monoisotopic (exact) mass is 423 g/mol. The van der Waals surface area contributed by atoms with Gasteiger partial charge in [-0.05, 0) is 60.5 Å². The first kappa shape index (κ1) is 21.3. The first-order valence-corrected chi connectivity index (χ1v) is 10.5. The molecule has 3 aromatic rings. The fourth-order valence-corrected chi connectivity index (χ4v) is 3.69. The van der Waals surface area contributed by atoms with Crippen LogP contribution in [0.15, 0.2) is 107 Å². The van der Waals surface area contributed by atoms with Gasteiger partial charge < -0.3 is 9.47 Å². The number of hydrogen-bond acceptors (Lipinski definition) is 4. The highest BCUT2D eigenvalue weighted by atomic mass is 16.5. The second-order valence-corrected chi connectivity index (χ2v) is 7.41. The number of hydrogen-bond donors (Lipinski definition) is 0. The molecule has 4 heteroatoms. The summed E-state index contributed by atoms with van der Waals surface area (Å²) in [4.78, 5) is 18.3. The van der Waals surface area contributed by atoms with Gasteiger partial charge in [0.15, 0.2) is 5.78 Å². The van der Waals surface area contributed by atoms with Crippen molar-refractivity contribution in [2.45, 2.75) is 13.0 Å². The Morgan fingerprint density at radius 2 is 1.31 bits per heavy atom. The molecule has 4 rings (SSSR count). The van der Waals surface area contributed by atoms with Gasteiger partial charge >= 0.3 is 0 Å². The number of allylic oxidation sites excluding steroid dienone is 4. The van der Waals surface area contributed by atoms with Crippen molar-refractivity contribution in [3.8, 4) is 11.5 Å². The molecule has 3 aromatic carbocycles. The van der Waals surface area contributed by atoms with Crippen LogP contribution >= 0.6 is 0 Å². The Kier molecular flexibility index (Phi) is 6.61. The average molecular weight is 424 g/mol. The van der Waals surface area contributed by atoms with Crippen molar-refractivity contribution in [1.82, 2.24) is 0 Å². The molecule has 0 spiro atoms. The maximum Gasteiger partial charge on any atom is 0.193 e. The van der Waals surface area contributed by atoms with E-state index in [1.807, 2.05) is 48.5 Å². The number of aliphatic imine (C=N–C) groups is 1. The van der Waals surface area contributed by atoms with Crippen LogP contribution in [0.4, 0.5) is 0 Å². The van der Waals surface area contributed by atoms with Gasteiger partial charge in [-0.25, -0.2) is 0 Å². The number of Topliss-reactive ketones (excluding diaryl/α,β-unsaturated/α-hetero) is 1. The summed E-state index contributed by atoms with van der Waals surface area (Å²) in [6.07, 6.45) is 4.75. The Balaban J connectivity index is 1.68. The van der Waals surface area contributed by atoms with E-state index < -0.39 is 0 Å². The van der Waals surface area contributed by atoms with Crippen LogP contribution in [0.1, 0.15) is 27.9 Å². The van der Waals surface area contributed by atoms with Crippen molar-refractivity contribution in [2.24, 2.45) is 4.99 Å². The van der Waals surface area contributed by atoms with E-state index in [0.29, 0.717) is 24.1 Å². The van der Waals surface area contributed by atoms with Crippen molar-refractivity contribution < 1.29 is 14.3 Å². The molecule has 32 heavy (non-hydrogen) atoms. The first-order valence-electron chi connectivity index (χ1n) is 10.5. The van der Waals surface area contributed by atoms with Crippen LogP contribution in [-0.2, 0) is 6.54 Å². The highest BCUT2D eigenvalue weighted by molar-refractivity contribution is 6.25. The standard InChI is InChI=1S/C28H25NO3/c1-31-23-15-11-21(12-16-23)27(29-19-20-7-4-3-5-8-20)25-9-6-10-26(25)28(30)22-13-17-24(32-2)18-14-22/h3-5,7-18H,6,19H2,1-2H3. The summed E-state index contributed by atoms with van der Waals surface area (Å²) in [5.74, 6) is 1.49. The van der Waals surface area contributed by atoms with Crippen molar-refractivity contribution in [1.29, 1.82) is 0 Å². The van der Waals surface area contributed by atoms with E-state index in [2.05, 4.69) is 18.2 Å². The van der Waals surface area contributed by atoms with Gasteiger partial charge in [0.1, 0.15) is 11.5 Å². The fourth-order valence-electron chi connectivity index (χ4n) is 3.69.